The van der Waals surface area contributed by atoms with Crippen LogP contribution in [0.5, 0.6) is 0 Å². The van der Waals surface area contributed by atoms with Crippen molar-refractivity contribution in [3.8, 4) is 0 Å². The molecule has 1 fully saturated rings. The summed E-state index contributed by atoms with van der Waals surface area (Å²) in [6.07, 6.45) is 2.72. The first kappa shape index (κ1) is 18.2. The second kappa shape index (κ2) is 6.91. The lowest BCUT2D eigenvalue weighted by Crippen LogP contribution is -2.25. The molecule has 1 amide bonds. The Morgan fingerprint density at radius 1 is 1.34 bits per heavy atom. The molecule has 0 bridgehead atoms. The molecule has 1 aromatic carbocycles. The fourth-order valence-electron chi connectivity index (χ4n) is 3.97. The lowest BCUT2D eigenvalue weighted by atomic mass is 9.99. The zero-order valence-electron chi connectivity index (χ0n) is 16.5. The van der Waals surface area contributed by atoms with Gasteiger partial charge in [-0.15, -0.1) is 0 Å². The lowest BCUT2D eigenvalue weighted by molar-refractivity contribution is 0.102. The number of fused-ring (bicyclic) bond motifs is 2. The van der Waals surface area contributed by atoms with Crippen LogP contribution in [0.3, 0.4) is 0 Å². The number of carbonyl (C=O) groups excluding carboxylic acids is 1. The van der Waals surface area contributed by atoms with Crippen LogP contribution in [0.2, 0.25) is 0 Å². The molecule has 2 aliphatic rings. The minimum atomic E-state index is -0.364. The van der Waals surface area contributed by atoms with E-state index in [-0.39, 0.29) is 23.3 Å². The van der Waals surface area contributed by atoms with Crippen molar-refractivity contribution < 1.29 is 13.7 Å². The van der Waals surface area contributed by atoms with Gasteiger partial charge in [0.2, 0.25) is 0 Å². The first-order valence-corrected chi connectivity index (χ1v) is 10.2. The SMILES string of the molecule is CC(C)c1noc2nc(C3CC3)cc(C(=O)Nc3ccc4c(c3F)CCNC4)c12. The highest BCUT2D eigenvalue weighted by atomic mass is 19.1. The van der Waals surface area contributed by atoms with Crippen LogP contribution in [0.1, 0.15) is 71.4 Å². The van der Waals surface area contributed by atoms with Crippen molar-refractivity contribution in [3.63, 3.8) is 0 Å². The normalized spacial score (nSPS) is 16.3. The summed E-state index contributed by atoms with van der Waals surface area (Å²) in [5.41, 5.74) is 4.17. The monoisotopic (exact) mass is 394 g/mol. The number of hydrogen-bond donors (Lipinski definition) is 2. The highest BCUT2D eigenvalue weighted by molar-refractivity contribution is 6.12. The van der Waals surface area contributed by atoms with Crippen molar-refractivity contribution in [2.45, 2.75) is 51.5 Å². The minimum Gasteiger partial charge on any atom is -0.335 e. The zero-order valence-corrected chi connectivity index (χ0v) is 16.5. The van der Waals surface area contributed by atoms with E-state index >= 15 is 4.39 Å². The van der Waals surface area contributed by atoms with Crippen molar-refractivity contribution in [3.05, 3.63) is 52.1 Å². The van der Waals surface area contributed by atoms with Gasteiger partial charge in [0.15, 0.2) is 0 Å². The van der Waals surface area contributed by atoms with Crippen LogP contribution in [-0.4, -0.2) is 22.6 Å². The van der Waals surface area contributed by atoms with Gasteiger partial charge in [-0.2, -0.15) is 0 Å². The summed E-state index contributed by atoms with van der Waals surface area (Å²) in [6.45, 7) is 5.36. The first-order valence-electron chi connectivity index (χ1n) is 10.2. The van der Waals surface area contributed by atoms with Crippen molar-refractivity contribution in [1.29, 1.82) is 0 Å². The highest BCUT2D eigenvalue weighted by Crippen LogP contribution is 2.41. The molecule has 0 spiro atoms. The summed E-state index contributed by atoms with van der Waals surface area (Å²) < 4.78 is 20.5. The number of anilines is 1. The summed E-state index contributed by atoms with van der Waals surface area (Å²) in [5.74, 6) is -0.285. The van der Waals surface area contributed by atoms with Gasteiger partial charge >= 0.3 is 0 Å². The number of rotatable bonds is 4. The number of benzene rings is 1. The highest BCUT2D eigenvalue weighted by Gasteiger charge is 2.30. The molecule has 1 aliphatic carbocycles. The summed E-state index contributed by atoms with van der Waals surface area (Å²) >= 11 is 0. The van der Waals surface area contributed by atoms with Crippen LogP contribution >= 0.6 is 0 Å². The predicted octanol–water partition coefficient (Wildman–Crippen LogP) is 4.26. The van der Waals surface area contributed by atoms with Crippen LogP contribution in [-0.2, 0) is 13.0 Å². The number of aromatic nitrogens is 2. The Balaban J connectivity index is 1.56. The number of hydrogen-bond acceptors (Lipinski definition) is 5. The molecular formula is C22H23FN4O2. The fourth-order valence-corrected chi connectivity index (χ4v) is 3.97. The first-order chi connectivity index (χ1) is 14.0. The van der Waals surface area contributed by atoms with Crippen LogP contribution in [0.25, 0.3) is 11.1 Å². The summed E-state index contributed by atoms with van der Waals surface area (Å²) in [5, 5.41) is 10.8. The maximum atomic E-state index is 15.0. The maximum absolute atomic E-state index is 15.0. The van der Waals surface area contributed by atoms with E-state index in [4.69, 9.17) is 4.52 Å². The number of nitrogens with one attached hydrogen (secondary N) is 2. The van der Waals surface area contributed by atoms with Gasteiger partial charge in [-0.25, -0.2) is 9.37 Å². The Bertz CT molecular complexity index is 1120. The predicted molar refractivity (Wildman–Crippen MR) is 108 cm³/mol. The molecule has 0 saturated heterocycles. The van der Waals surface area contributed by atoms with E-state index in [2.05, 4.69) is 20.8 Å². The molecule has 2 N–H and O–H groups in total. The van der Waals surface area contributed by atoms with Gasteiger partial charge in [0.05, 0.1) is 22.3 Å². The molecule has 0 radical (unpaired) electrons. The lowest BCUT2D eigenvalue weighted by Gasteiger charge is -2.19. The van der Waals surface area contributed by atoms with Gasteiger partial charge in [0.1, 0.15) is 5.82 Å². The Kier molecular flexibility index (Phi) is 4.35. The molecule has 29 heavy (non-hydrogen) atoms. The van der Waals surface area contributed by atoms with Crippen LogP contribution in [0.4, 0.5) is 10.1 Å². The Morgan fingerprint density at radius 2 is 2.17 bits per heavy atom. The van der Waals surface area contributed by atoms with Gasteiger partial charge < -0.3 is 15.2 Å². The second-order valence-electron chi connectivity index (χ2n) is 8.22. The van der Waals surface area contributed by atoms with E-state index in [9.17, 15) is 4.79 Å². The van der Waals surface area contributed by atoms with Gasteiger partial charge in [-0.05, 0) is 55.0 Å². The third-order valence-electron chi connectivity index (χ3n) is 5.74. The molecule has 5 rings (SSSR count). The largest absolute Gasteiger partial charge is 0.335 e. The van der Waals surface area contributed by atoms with Gasteiger partial charge in [0.25, 0.3) is 11.6 Å². The Morgan fingerprint density at radius 3 is 2.93 bits per heavy atom. The topological polar surface area (TPSA) is 80.0 Å². The number of pyridine rings is 1. The van der Waals surface area contributed by atoms with Crippen molar-refractivity contribution in [1.82, 2.24) is 15.5 Å². The van der Waals surface area contributed by atoms with Crippen LogP contribution in [0, 0.1) is 5.82 Å². The molecule has 1 aliphatic heterocycles. The molecule has 1 saturated carbocycles. The molecule has 3 heterocycles. The van der Waals surface area contributed by atoms with Crippen molar-refractivity contribution in [2.75, 3.05) is 11.9 Å². The summed E-state index contributed by atoms with van der Waals surface area (Å²) in [4.78, 5) is 17.8. The van der Waals surface area contributed by atoms with Crippen LogP contribution in [0.15, 0.2) is 22.7 Å². The average molecular weight is 394 g/mol. The fraction of sp³-hybridized carbons (Fsp3) is 0.409. The zero-order chi connectivity index (χ0) is 20.1. The third kappa shape index (κ3) is 3.19. The third-order valence-corrected chi connectivity index (χ3v) is 5.74. The molecular weight excluding hydrogens is 371 g/mol. The van der Waals surface area contributed by atoms with E-state index in [1.807, 2.05) is 26.0 Å². The number of carbonyl (C=O) groups is 1. The second-order valence-corrected chi connectivity index (χ2v) is 8.22. The molecule has 6 nitrogen and oxygen atoms in total. The summed E-state index contributed by atoms with van der Waals surface area (Å²) in [6, 6.07) is 5.33. The Labute approximate surface area is 167 Å². The number of halogens is 1. The molecule has 0 atom stereocenters. The standard InChI is InChI=1S/C22H23FN4O2/c1-11(2)20-18-15(9-17(12-3-4-12)26-22(18)29-27-20)21(28)25-16-6-5-13-10-24-8-7-14(13)19(16)23/h5-6,9,11-12,24H,3-4,7-8,10H2,1-2H3,(H,25,28). The molecule has 2 aromatic heterocycles. The van der Waals surface area contributed by atoms with E-state index in [1.54, 1.807) is 6.07 Å². The van der Waals surface area contributed by atoms with Gasteiger partial charge in [0, 0.05) is 18.2 Å². The van der Waals surface area contributed by atoms with Gasteiger partial charge in [-0.3, -0.25) is 4.79 Å². The smallest absolute Gasteiger partial charge is 0.259 e. The van der Waals surface area contributed by atoms with E-state index in [1.165, 1.54) is 0 Å². The Hall–Kier alpha value is -2.80. The molecule has 7 heteroatoms. The summed E-state index contributed by atoms with van der Waals surface area (Å²) in [7, 11) is 0. The van der Waals surface area contributed by atoms with E-state index in [0.717, 1.165) is 30.6 Å². The maximum Gasteiger partial charge on any atom is 0.259 e. The van der Waals surface area contributed by atoms with Crippen molar-refractivity contribution >= 4 is 22.7 Å². The van der Waals surface area contributed by atoms with Gasteiger partial charge in [-0.1, -0.05) is 25.1 Å². The number of amides is 1. The molecule has 150 valence electrons. The van der Waals surface area contributed by atoms with Crippen LogP contribution < -0.4 is 10.6 Å². The molecule has 0 unspecified atom stereocenters. The van der Waals surface area contributed by atoms with E-state index in [0.29, 0.717) is 46.8 Å². The number of nitrogens with zero attached hydrogens (tertiary/aromatic N) is 2. The molecule has 3 aromatic rings. The minimum absolute atomic E-state index is 0.0735. The average Bonchev–Trinajstić information content (AvgIpc) is 3.48. The quantitative estimate of drug-likeness (QED) is 0.691. The van der Waals surface area contributed by atoms with E-state index < -0.39 is 0 Å². The van der Waals surface area contributed by atoms with Crippen molar-refractivity contribution in [2.24, 2.45) is 0 Å².